The number of pyridine rings is 1. The monoisotopic (exact) mass is 222 g/mol. The van der Waals surface area contributed by atoms with E-state index in [0.717, 1.165) is 18.1 Å². The number of anilines is 2. The predicted octanol–water partition coefficient (Wildman–Crippen LogP) is 1.01. The van der Waals surface area contributed by atoms with Crippen LogP contribution in [0.25, 0.3) is 0 Å². The molecule has 5 nitrogen and oxygen atoms in total. The van der Waals surface area contributed by atoms with Crippen molar-refractivity contribution in [2.45, 2.75) is 6.92 Å². The lowest BCUT2D eigenvalue weighted by molar-refractivity contribution is -0.127. The van der Waals surface area contributed by atoms with Gasteiger partial charge in [0.15, 0.2) is 0 Å². The second kappa shape index (κ2) is 5.95. The van der Waals surface area contributed by atoms with Crippen LogP contribution in [0, 0.1) is 0 Å². The SMILES string of the molecule is CCN(C)C(=O)CNc1ccnc(NC)c1. The number of hydrogen-bond donors (Lipinski definition) is 2. The van der Waals surface area contributed by atoms with Gasteiger partial charge in [-0.1, -0.05) is 0 Å². The molecule has 0 aliphatic rings. The normalized spacial score (nSPS) is 9.69. The van der Waals surface area contributed by atoms with Gasteiger partial charge < -0.3 is 15.5 Å². The fourth-order valence-corrected chi connectivity index (χ4v) is 1.17. The van der Waals surface area contributed by atoms with E-state index in [4.69, 9.17) is 0 Å². The van der Waals surface area contributed by atoms with Gasteiger partial charge in [0.1, 0.15) is 5.82 Å². The number of likely N-dealkylation sites (N-methyl/N-ethyl adjacent to an activating group) is 1. The molecule has 1 aromatic rings. The second-order valence-electron chi connectivity index (χ2n) is 3.44. The highest BCUT2D eigenvalue weighted by atomic mass is 16.2. The molecule has 1 heterocycles. The topological polar surface area (TPSA) is 57.3 Å². The van der Waals surface area contributed by atoms with Crippen molar-refractivity contribution in [3.05, 3.63) is 18.3 Å². The van der Waals surface area contributed by atoms with Crippen molar-refractivity contribution in [1.29, 1.82) is 0 Å². The zero-order chi connectivity index (χ0) is 12.0. The molecule has 0 aromatic carbocycles. The van der Waals surface area contributed by atoms with E-state index in [1.54, 1.807) is 18.1 Å². The van der Waals surface area contributed by atoms with Gasteiger partial charge in [0, 0.05) is 38.6 Å². The molecule has 0 aliphatic carbocycles. The standard InChI is InChI=1S/C11H18N4O/c1-4-15(3)11(16)8-14-9-5-6-13-10(7-9)12-2/h5-7H,4,8H2,1-3H3,(H2,12,13,14). The summed E-state index contributed by atoms with van der Waals surface area (Å²) in [6.45, 7) is 2.97. The van der Waals surface area contributed by atoms with Crippen molar-refractivity contribution >= 4 is 17.4 Å². The Morgan fingerprint density at radius 1 is 1.56 bits per heavy atom. The average Bonchev–Trinajstić information content (AvgIpc) is 2.35. The first-order chi connectivity index (χ1) is 7.67. The molecule has 0 bridgehead atoms. The molecule has 1 amide bonds. The highest BCUT2D eigenvalue weighted by Crippen LogP contribution is 2.10. The van der Waals surface area contributed by atoms with Crippen LogP contribution in [0.2, 0.25) is 0 Å². The Hall–Kier alpha value is -1.78. The molecule has 0 saturated heterocycles. The van der Waals surface area contributed by atoms with Gasteiger partial charge in [-0.15, -0.1) is 0 Å². The third kappa shape index (κ3) is 3.42. The Morgan fingerprint density at radius 2 is 2.31 bits per heavy atom. The molecule has 0 unspecified atom stereocenters. The maximum absolute atomic E-state index is 11.5. The first-order valence-electron chi connectivity index (χ1n) is 5.29. The first kappa shape index (κ1) is 12.3. The van der Waals surface area contributed by atoms with E-state index < -0.39 is 0 Å². The molecule has 0 fully saturated rings. The summed E-state index contributed by atoms with van der Waals surface area (Å²) in [7, 11) is 3.59. The molecule has 0 spiro atoms. The van der Waals surface area contributed by atoms with E-state index in [9.17, 15) is 4.79 Å². The molecule has 0 aliphatic heterocycles. The van der Waals surface area contributed by atoms with Crippen molar-refractivity contribution in [1.82, 2.24) is 9.88 Å². The largest absolute Gasteiger partial charge is 0.376 e. The van der Waals surface area contributed by atoms with Crippen LogP contribution >= 0.6 is 0 Å². The molecular formula is C11H18N4O. The third-order valence-corrected chi connectivity index (χ3v) is 2.36. The van der Waals surface area contributed by atoms with Gasteiger partial charge in [-0.05, 0) is 13.0 Å². The smallest absolute Gasteiger partial charge is 0.241 e. The summed E-state index contributed by atoms with van der Waals surface area (Å²) in [5.74, 6) is 0.853. The Bertz CT molecular complexity index is 354. The van der Waals surface area contributed by atoms with Crippen LogP contribution in [-0.2, 0) is 4.79 Å². The minimum absolute atomic E-state index is 0.0744. The van der Waals surface area contributed by atoms with Gasteiger partial charge in [-0.2, -0.15) is 0 Å². The number of aromatic nitrogens is 1. The molecule has 2 N–H and O–H groups in total. The molecule has 1 rings (SSSR count). The lowest BCUT2D eigenvalue weighted by Gasteiger charge is -2.15. The number of hydrogen-bond acceptors (Lipinski definition) is 4. The van der Waals surface area contributed by atoms with Crippen LogP contribution in [-0.4, -0.2) is 43.0 Å². The van der Waals surface area contributed by atoms with E-state index in [2.05, 4.69) is 15.6 Å². The summed E-state index contributed by atoms with van der Waals surface area (Å²) >= 11 is 0. The molecule has 5 heteroatoms. The first-order valence-corrected chi connectivity index (χ1v) is 5.29. The zero-order valence-corrected chi connectivity index (χ0v) is 9.95. The van der Waals surface area contributed by atoms with Gasteiger partial charge >= 0.3 is 0 Å². The molecule has 0 saturated carbocycles. The van der Waals surface area contributed by atoms with Crippen molar-refractivity contribution in [3.8, 4) is 0 Å². The number of carbonyl (C=O) groups is 1. The van der Waals surface area contributed by atoms with Crippen LogP contribution in [0.4, 0.5) is 11.5 Å². The highest BCUT2D eigenvalue weighted by molar-refractivity contribution is 5.80. The molecular weight excluding hydrogens is 204 g/mol. The number of rotatable bonds is 5. The van der Waals surface area contributed by atoms with E-state index in [1.807, 2.05) is 26.1 Å². The quantitative estimate of drug-likeness (QED) is 0.780. The fourth-order valence-electron chi connectivity index (χ4n) is 1.17. The van der Waals surface area contributed by atoms with Crippen molar-refractivity contribution in [2.24, 2.45) is 0 Å². The van der Waals surface area contributed by atoms with E-state index in [-0.39, 0.29) is 5.91 Å². The summed E-state index contributed by atoms with van der Waals surface area (Å²) < 4.78 is 0. The van der Waals surface area contributed by atoms with Crippen molar-refractivity contribution in [2.75, 3.05) is 37.8 Å². The van der Waals surface area contributed by atoms with Crippen molar-refractivity contribution < 1.29 is 4.79 Å². The van der Waals surface area contributed by atoms with Crippen LogP contribution in [0.3, 0.4) is 0 Å². The van der Waals surface area contributed by atoms with Gasteiger partial charge in [0.05, 0.1) is 6.54 Å². The fraction of sp³-hybridized carbons (Fsp3) is 0.455. The van der Waals surface area contributed by atoms with Crippen LogP contribution in [0.5, 0.6) is 0 Å². The maximum Gasteiger partial charge on any atom is 0.241 e. The molecule has 0 radical (unpaired) electrons. The zero-order valence-electron chi connectivity index (χ0n) is 9.95. The maximum atomic E-state index is 11.5. The second-order valence-corrected chi connectivity index (χ2v) is 3.44. The summed E-state index contributed by atoms with van der Waals surface area (Å²) in [5.41, 5.74) is 0.886. The Morgan fingerprint density at radius 3 is 2.94 bits per heavy atom. The summed E-state index contributed by atoms with van der Waals surface area (Å²) in [6.07, 6.45) is 1.70. The van der Waals surface area contributed by atoms with Gasteiger partial charge in [0.2, 0.25) is 5.91 Å². The van der Waals surface area contributed by atoms with Gasteiger partial charge in [0.25, 0.3) is 0 Å². The van der Waals surface area contributed by atoms with E-state index in [1.165, 1.54) is 0 Å². The van der Waals surface area contributed by atoms with Crippen LogP contribution < -0.4 is 10.6 Å². The third-order valence-electron chi connectivity index (χ3n) is 2.36. The molecule has 0 atom stereocenters. The van der Waals surface area contributed by atoms with Gasteiger partial charge in [-0.25, -0.2) is 4.98 Å². The Kier molecular flexibility index (Phi) is 4.57. The molecule has 1 aromatic heterocycles. The molecule has 16 heavy (non-hydrogen) atoms. The van der Waals surface area contributed by atoms with Crippen molar-refractivity contribution in [3.63, 3.8) is 0 Å². The van der Waals surface area contributed by atoms with E-state index in [0.29, 0.717) is 6.54 Å². The molecule has 88 valence electrons. The predicted molar refractivity (Wildman–Crippen MR) is 65.6 cm³/mol. The number of carbonyl (C=O) groups excluding carboxylic acids is 1. The highest BCUT2D eigenvalue weighted by Gasteiger charge is 2.05. The lowest BCUT2D eigenvalue weighted by atomic mass is 10.3. The van der Waals surface area contributed by atoms with E-state index >= 15 is 0 Å². The minimum atomic E-state index is 0.0744. The number of amides is 1. The van der Waals surface area contributed by atoms with Gasteiger partial charge in [-0.3, -0.25) is 4.79 Å². The summed E-state index contributed by atoms with van der Waals surface area (Å²) in [4.78, 5) is 17.3. The Balaban J connectivity index is 2.51. The number of nitrogens with zero attached hydrogens (tertiary/aromatic N) is 2. The van der Waals surface area contributed by atoms with Crippen LogP contribution in [0.1, 0.15) is 6.92 Å². The lowest BCUT2D eigenvalue weighted by Crippen LogP contribution is -2.31. The summed E-state index contributed by atoms with van der Waals surface area (Å²) in [6, 6.07) is 3.69. The number of nitrogens with one attached hydrogen (secondary N) is 2. The summed E-state index contributed by atoms with van der Waals surface area (Å²) in [5, 5.41) is 6.01. The minimum Gasteiger partial charge on any atom is -0.376 e. The van der Waals surface area contributed by atoms with Crippen LogP contribution in [0.15, 0.2) is 18.3 Å². The average molecular weight is 222 g/mol. The Labute approximate surface area is 95.9 Å².